The van der Waals surface area contributed by atoms with Gasteiger partial charge >= 0.3 is 0 Å². The molecule has 0 amide bonds. The Bertz CT molecular complexity index is 906. The summed E-state index contributed by atoms with van der Waals surface area (Å²) in [4.78, 5) is 0. The summed E-state index contributed by atoms with van der Waals surface area (Å²) >= 11 is 0. The Hall–Kier alpha value is -1.72. The number of rotatable bonds is 17. The van der Waals surface area contributed by atoms with Gasteiger partial charge in [0.15, 0.2) is 12.6 Å². The molecule has 4 rings (SSSR count). The molecule has 42 heavy (non-hydrogen) atoms. The molecule has 0 aliphatic carbocycles. The average Bonchev–Trinajstić information content (AvgIpc) is 3.02. The first-order valence-electron chi connectivity index (χ1n) is 17.3. The molecule has 4 heteroatoms. The molecule has 0 aromatic heterocycles. The molecule has 2 aliphatic heterocycles. The lowest BCUT2D eigenvalue weighted by molar-refractivity contribution is -0.237. The van der Waals surface area contributed by atoms with Gasteiger partial charge in [0.1, 0.15) is 0 Å². The molecular weight excluding hydrogens is 520 g/mol. The zero-order valence-electron chi connectivity index (χ0n) is 27.0. The van der Waals surface area contributed by atoms with Crippen LogP contribution in [0.3, 0.4) is 0 Å². The van der Waals surface area contributed by atoms with Crippen LogP contribution in [0.25, 0.3) is 11.1 Å². The fraction of sp³-hybridized carbons (Fsp3) is 0.684. The molecule has 2 aromatic rings. The molecule has 0 saturated carbocycles. The lowest BCUT2D eigenvalue weighted by Crippen LogP contribution is -2.34. The minimum absolute atomic E-state index is 0.226. The van der Waals surface area contributed by atoms with Gasteiger partial charge in [-0.25, -0.2) is 0 Å². The van der Waals surface area contributed by atoms with E-state index in [9.17, 15) is 0 Å². The monoisotopic (exact) mass is 578 g/mol. The number of unbranched alkanes of at least 4 members (excludes halogenated alkanes) is 10. The summed E-state index contributed by atoms with van der Waals surface area (Å²) in [5, 5.41) is 0. The van der Waals surface area contributed by atoms with Gasteiger partial charge in [0, 0.05) is 23.0 Å². The van der Waals surface area contributed by atoms with Crippen LogP contribution < -0.4 is 0 Å². The highest BCUT2D eigenvalue weighted by Gasteiger charge is 2.30. The lowest BCUT2D eigenvalue weighted by Gasteiger charge is -2.35. The summed E-state index contributed by atoms with van der Waals surface area (Å²) in [6.07, 6.45) is 18.3. The van der Waals surface area contributed by atoms with Crippen molar-refractivity contribution >= 4 is 0 Å². The van der Waals surface area contributed by atoms with Crippen LogP contribution in [0.5, 0.6) is 0 Å². The van der Waals surface area contributed by atoms with Crippen molar-refractivity contribution in [1.29, 1.82) is 0 Å². The minimum Gasteiger partial charge on any atom is -0.348 e. The van der Waals surface area contributed by atoms with Gasteiger partial charge in [-0.1, -0.05) is 139 Å². The Labute approximate surface area is 256 Å². The van der Waals surface area contributed by atoms with E-state index in [0.29, 0.717) is 11.8 Å². The van der Waals surface area contributed by atoms with Crippen molar-refractivity contribution in [3.8, 4) is 11.1 Å². The van der Waals surface area contributed by atoms with Crippen molar-refractivity contribution in [2.45, 2.75) is 142 Å². The van der Waals surface area contributed by atoms with Crippen LogP contribution in [0.2, 0.25) is 0 Å². The summed E-state index contributed by atoms with van der Waals surface area (Å²) in [5.74, 6) is 0.994. The molecule has 2 saturated heterocycles. The van der Waals surface area contributed by atoms with Gasteiger partial charge in [-0.15, -0.1) is 0 Å². The van der Waals surface area contributed by atoms with Crippen LogP contribution in [0, 0.1) is 11.8 Å². The highest BCUT2D eigenvalue weighted by atomic mass is 16.7. The lowest BCUT2D eigenvalue weighted by atomic mass is 9.95. The highest BCUT2D eigenvalue weighted by molar-refractivity contribution is 5.64. The topological polar surface area (TPSA) is 36.9 Å². The van der Waals surface area contributed by atoms with E-state index >= 15 is 0 Å². The van der Waals surface area contributed by atoms with E-state index < -0.39 is 0 Å². The van der Waals surface area contributed by atoms with Crippen LogP contribution in [0.15, 0.2) is 48.5 Å². The van der Waals surface area contributed by atoms with E-state index in [1.165, 1.54) is 101 Å². The molecule has 234 valence electrons. The second-order valence-electron chi connectivity index (χ2n) is 12.9. The fourth-order valence-corrected chi connectivity index (χ4v) is 6.41. The molecule has 2 heterocycles. The second-order valence-corrected chi connectivity index (χ2v) is 12.9. The van der Waals surface area contributed by atoms with Gasteiger partial charge in [0.2, 0.25) is 0 Å². The molecule has 6 atom stereocenters. The molecule has 0 radical (unpaired) electrons. The summed E-state index contributed by atoms with van der Waals surface area (Å²) in [6.45, 7) is 10.5. The van der Waals surface area contributed by atoms with Crippen molar-refractivity contribution in [3.05, 3.63) is 59.7 Å². The standard InChI is InChI=1S/C38H58O4/c1-5-7-9-11-13-15-17-35-27-39-37(41-29(35)3)33-23-19-31(20-24-33)32-21-25-34(26-22-32)38-40-28-36(30(4)42-38)18-16-14-12-10-8-6-2/h19-26,29-30,35-38H,5-18,27-28H2,1-4H3. The molecule has 0 spiro atoms. The van der Waals surface area contributed by atoms with Gasteiger partial charge < -0.3 is 18.9 Å². The molecule has 6 unspecified atom stereocenters. The smallest absolute Gasteiger partial charge is 0.184 e. The molecule has 2 aromatic carbocycles. The van der Waals surface area contributed by atoms with Crippen LogP contribution in [0.4, 0.5) is 0 Å². The number of benzene rings is 2. The maximum atomic E-state index is 6.32. The van der Waals surface area contributed by atoms with E-state index in [1.807, 2.05) is 0 Å². The Morgan fingerprint density at radius 2 is 0.857 bits per heavy atom. The van der Waals surface area contributed by atoms with Crippen LogP contribution in [-0.2, 0) is 18.9 Å². The number of ether oxygens (including phenoxy) is 4. The van der Waals surface area contributed by atoms with E-state index in [1.54, 1.807) is 0 Å². The van der Waals surface area contributed by atoms with Crippen molar-refractivity contribution in [3.63, 3.8) is 0 Å². The van der Waals surface area contributed by atoms with E-state index in [2.05, 4.69) is 76.2 Å². The van der Waals surface area contributed by atoms with Crippen LogP contribution in [-0.4, -0.2) is 25.4 Å². The Kier molecular flexibility index (Phi) is 14.4. The minimum atomic E-state index is -0.273. The van der Waals surface area contributed by atoms with E-state index in [4.69, 9.17) is 18.9 Å². The van der Waals surface area contributed by atoms with Crippen molar-refractivity contribution in [1.82, 2.24) is 0 Å². The van der Waals surface area contributed by atoms with Crippen molar-refractivity contribution < 1.29 is 18.9 Å². The first-order chi connectivity index (χ1) is 20.6. The Balaban J connectivity index is 1.20. The first kappa shape index (κ1) is 33.2. The van der Waals surface area contributed by atoms with Gasteiger partial charge in [-0.2, -0.15) is 0 Å². The largest absolute Gasteiger partial charge is 0.348 e. The van der Waals surface area contributed by atoms with Crippen molar-refractivity contribution in [2.24, 2.45) is 11.8 Å². The quantitative estimate of drug-likeness (QED) is 0.175. The Morgan fingerprint density at radius 3 is 1.21 bits per heavy atom. The third-order valence-corrected chi connectivity index (χ3v) is 9.48. The zero-order valence-corrected chi connectivity index (χ0v) is 27.0. The second kappa shape index (κ2) is 18.2. The molecule has 4 nitrogen and oxygen atoms in total. The average molecular weight is 579 g/mol. The summed E-state index contributed by atoms with van der Waals surface area (Å²) < 4.78 is 25.0. The third-order valence-electron chi connectivity index (χ3n) is 9.48. The fourth-order valence-electron chi connectivity index (χ4n) is 6.41. The molecule has 2 aliphatic rings. The Morgan fingerprint density at radius 1 is 0.500 bits per heavy atom. The predicted molar refractivity (Wildman–Crippen MR) is 173 cm³/mol. The van der Waals surface area contributed by atoms with Gasteiger partial charge in [-0.05, 0) is 37.8 Å². The normalized spacial score (nSPS) is 26.4. The maximum absolute atomic E-state index is 6.32. The van der Waals surface area contributed by atoms with E-state index in [-0.39, 0.29) is 24.8 Å². The zero-order chi connectivity index (χ0) is 29.6. The summed E-state index contributed by atoms with van der Waals surface area (Å²) in [6, 6.07) is 17.3. The van der Waals surface area contributed by atoms with Crippen LogP contribution >= 0.6 is 0 Å². The van der Waals surface area contributed by atoms with Gasteiger partial charge in [0.05, 0.1) is 25.4 Å². The summed E-state index contributed by atoms with van der Waals surface area (Å²) in [7, 11) is 0. The number of hydrogen-bond acceptors (Lipinski definition) is 4. The van der Waals surface area contributed by atoms with Crippen molar-refractivity contribution in [2.75, 3.05) is 13.2 Å². The van der Waals surface area contributed by atoms with Crippen LogP contribution in [0.1, 0.15) is 141 Å². The van der Waals surface area contributed by atoms with Gasteiger partial charge in [-0.3, -0.25) is 0 Å². The SMILES string of the molecule is CCCCCCCCC1COC(c2ccc(-c3ccc(C4OCC(CCCCCCCC)C(C)O4)cc3)cc2)OC1C. The molecule has 0 N–H and O–H groups in total. The predicted octanol–water partition coefficient (Wildman–Crippen LogP) is 11.0. The third kappa shape index (κ3) is 10.2. The number of hydrogen-bond donors (Lipinski definition) is 0. The molecule has 0 bridgehead atoms. The molecule has 2 fully saturated rings. The maximum Gasteiger partial charge on any atom is 0.184 e. The highest BCUT2D eigenvalue weighted by Crippen LogP contribution is 2.35. The van der Waals surface area contributed by atoms with Gasteiger partial charge in [0.25, 0.3) is 0 Å². The van der Waals surface area contributed by atoms with E-state index in [0.717, 1.165) is 24.3 Å². The first-order valence-corrected chi connectivity index (χ1v) is 17.3. The summed E-state index contributed by atoms with van der Waals surface area (Å²) in [5.41, 5.74) is 4.56. The molecular formula is C38H58O4.